The average Bonchev–Trinajstić information content (AvgIpc) is 2.10. The van der Waals surface area contributed by atoms with Gasteiger partial charge in [0.1, 0.15) is 0 Å². The Bertz CT molecular complexity index is 126. The molecule has 3 heteroatoms. The number of esters is 1. The molecule has 0 spiro atoms. The van der Waals surface area contributed by atoms with Crippen LogP contribution in [0.2, 0.25) is 0 Å². The quantitative estimate of drug-likeness (QED) is 0.478. The van der Waals surface area contributed by atoms with Gasteiger partial charge in [0.25, 0.3) is 0 Å². The monoisotopic (exact) mass is 192 g/mol. The van der Waals surface area contributed by atoms with Crippen molar-refractivity contribution in [2.75, 3.05) is 6.61 Å². The van der Waals surface area contributed by atoms with Crippen LogP contribution in [-0.2, 0) is 9.53 Å². The van der Waals surface area contributed by atoms with Crippen LogP contribution in [-0.4, -0.2) is 18.0 Å². The lowest BCUT2D eigenvalue weighted by Gasteiger charge is -2.05. The first kappa shape index (κ1) is 11.8. The number of carbonyl (C=O) groups excluding carboxylic acids is 1. The number of hydrogen-bond acceptors (Lipinski definition) is 2. The highest BCUT2D eigenvalue weighted by atomic mass is 35.5. The van der Waals surface area contributed by atoms with E-state index >= 15 is 0 Å². The molecule has 0 rings (SSSR count). The van der Waals surface area contributed by atoms with Crippen LogP contribution in [0.3, 0.4) is 0 Å². The molecule has 0 radical (unpaired) electrons. The lowest BCUT2D eigenvalue weighted by atomic mass is 10.2. The molecule has 72 valence electrons. The van der Waals surface area contributed by atoms with E-state index in [0.29, 0.717) is 13.0 Å². The summed E-state index contributed by atoms with van der Waals surface area (Å²) in [6, 6.07) is 0. The summed E-state index contributed by atoms with van der Waals surface area (Å²) in [4.78, 5) is 10.9. The Morgan fingerprint density at radius 1 is 1.50 bits per heavy atom. The van der Waals surface area contributed by atoms with Crippen LogP contribution in [0.15, 0.2) is 0 Å². The van der Waals surface area contributed by atoms with Crippen molar-refractivity contribution in [1.29, 1.82) is 0 Å². The van der Waals surface area contributed by atoms with Crippen LogP contribution in [0.1, 0.15) is 39.5 Å². The van der Waals surface area contributed by atoms with Gasteiger partial charge >= 0.3 is 5.97 Å². The third-order valence-electron chi connectivity index (χ3n) is 1.57. The summed E-state index contributed by atoms with van der Waals surface area (Å²) in [5.74, 6) is -0.129. The van der Waals surface area contributed by atoms with E-state index in [2.05, 4.69) is 0 Å². The van der Waals surface area contributed by atoms with E-state index < -0.39 is 0 Å². The molecule has 0 aromatic carbocycles. The Hall–Kier alpha value is -0.240. The normalized spacial score (nSPS) is 12.6. The van der Waals surface area contributed by atoms with Crippen LogP contribution in [0.5, 0.6) is 0 Å². The minimum Gasteiger partial charge on any atom is -0.466 e. The number of carbonyl (C=O) groups is 1. The maximum absolute atomic E-state index is 10.9. The van der Waals surface area contributed by atoms with Gasteiger partial charge in [-0.15, -0.1) is 11.6 Å². The van der Waals surface area contributed by atoms with Crippen molar-refractivity contribution in [2.45, 2.75) is 44.9 Å². The molecule has 0 saturated heterocycles. The van der Waals surface area contributed by atoms with Crippen molar-refractivity contribution in [3.63, 3.8) is 0 Å². The summed E-state index contributed by atoms with van der Waals surface area (Å²) in [7, 11) is 0. The molecule has 12 heavy (non-hydrogen) atoms. The first-order valence-corrected chi connectivity index (χ1v) is 4.94. The van der Waals surface area contributed by atoms with Gasteiger partial charge in [-0.1, -0.05) is 13.8 Å². The van der Waals surface area contributed by atoms with Crippen molar-refractivity contribution < 1.29 is 9.53 Å². The van der Waals surface area contributed by atoms with E-state index in [1.54, 1.807) is 0 Å². The highest BCUT2D eigenvalue weighted by molar-refractivity contribution is 6.20. The minimum absolute atomic E-state index is 0.110. The highest BCUT2D eigenvalue weighted by Gasteiger charge is 2.06. The van der Waals surface area contributed by atoms with E-state index in [1.165, 1.54) is 0 Å². The Morgan fingerprint density at radius 2 is 2.17 bits per heavy atom. The molecule has 0 aliphatic carbocycles. The van der Waals surface area contributed by atoms with E-state index in [0.717, 1.165) is 19.3 Å². The van der Waals surface area contributed by atoms with Gasteiger partial charge in [-0.3, -0.25) is 4.79 Å². The summed E-state index contributed by atoms with van der Waals surface area (Å²) in [6.07, 6.45) is 2.95. The molecule has 1 unspecified atom stereocenters. The highest BCUT2D eigenvalue weighted by Crippen LogP contribution is 2.09. The van der Waals surface area contributed by atoms with Gasteiger partial charge in [-0.05, 0) is 19.3 Å². The zero-order chi connectivity index (χ0) is 9.40. The molecule has 0 aliphatic heterocycles. The van der Waals surface area contributed by atoms with Crippen LogP contribution in [0.25, 0.3) is 0 Å². The molecule has 0 aromatic heterocycles. The van der Waals surface area contributed by atoms with Crippen LogP contribution in [0.4, 0.5) is 0 Å². The van der Waals surface area contributed by atoms with Crippen molar-refractivity contribution in [2.24, 2.45) is 0 Å². The topological polar surface area (TPSA) is 26.3 Å². The summed E-state index contributed by atoms with van der Waals surface area (Å²) in [5.41, 5.74) is 0. The number of alkyl halides is 1. The van der Waals surface area contributed by atoms with Gasteiger partial charge in [0.05, 0.1) is 6.61 Å². The summed E-state index contributed by atoms with van der Waals surface area (Å²) in [5, 5.41) is 0.110. The zero-order valence-corrected chi connectivity index (χ0v) is 8.56. The van der Waals surface area contributed by atoms with Gasteiger partial charge in [0.2, 0.25) is 0 Å². The number of halogens is 1. The second-order valence-electron chi connectivity index (χ2n) is 2.76. The molecule has 0 aliphatic rings. The standard InChI is InChI=1S/C9H17ClO2/c1-3-7-12-9(11)6-5-8(10)4-2/h8H,3-7H2,1-2H3. The fourth-order valence-corrected chi connectivity index (χ4v) is 0.876. The third kappa shape index (κ3) is 6.47. The third-order valence-corrected chi connectivity index (χ3v) is 2.10. The first-order chi connectivity index (χ1) is 5.70. The molecule has 2 nitrogen and oxygen atoms in total. The number of rotatable bonds is 6. The van der Waals surface area contributed by atoms with E-state index in [9.17, 15) is 4.79 Å². The zero-order valence-electron chi connectivity index (χ0n) is 7.81. The molecule has 0 N–H and O–H groups in total. The van der Waals surface area contributed by atoms with E-state index in [-0.39, 0.29) is 11.3 Å². The van der Waals surface area contributed by atoms with Crippen molar-refractivity contribution in [3.8, 4) is 0 Å². The maximum atomic E-state index is 10.9. The Labute approximate surface area is 79.2 Å². The Balaban J connectivity index is 3.31. The fourth-order valence-electron chi connectivity index (χ4n) is 0.767. The van der Waals surface area contributed by atoms with E-state index in [4.69, 9.17) is 16.3 Å². The molecule has 1 atom stereocenters. The number of ether oxygens (including phenoxy) is 1. The van der Waals surface area contributed by atoms with Crippen LogP contribution in [0, 0.1) is 0 Å². The molecular formula is C9H17ClO2. The van der Waals surface area contributed by atoms with Gasteiger partial charge in [0, 0.05) is 11.8 Å². The van der Waals surface area contributed by atoms with Gasteiger partial charge < -0.3 is 4.74 Å². The smallest absolute Gasteiger partial charge is 0.305 e. The fraction of sp³-hybridized carbons (Fsp3) is 0.889. The second-order valence-corrected chi connectivity index (χ2v) is 3.38. The molecule has 0 amide bonds. The summed E-state index contributed by atoms with van der Waals surface area (Å²) >= 11 is 5.84. The minimum atomic E-state index is -0.129. The maximum Gasteiger partial charge on any atom is 0.305 e. The second kappa shape index (κ2) is 7.41. The van der Waals surface area contributed by atoms with Gasteiger partial charge in [-0.2, -0.15) is 0 Å². The lowest BCUT2D eigenvalue weighted by molar-refractivity contribution is -0.143. The lowest BCUT2D eigenvalue weighted by Crippen LogP contribution is -2.08. The van der Waals surface area contributed by atoms with Crippen molar-refractivity contribution >= 4 is 17.6 Å². The molecule has 0 heterocycles. The number of hydrogen-bond donors (Lipinski definition) is 0. The van der Waals surface area contributed by atoms with Crippen molar-refractivity contribution in [1.82, 2.24) is 0 Å². The first-order valence-electron chi connectivity index (χ1n) is 4.50. The SMILES string of the molecule is CCCOC(=O)CCC(Cl)CC. The summed E-state index contributed by atoms with van der Waals surface area (Å²) in [6.45, 7) is 4.51. The molecule has 0 aromatic rings. The molecular weight excluding hydrogens is 176 g/mol. The Kier molecular flexibility index (Phi) is 7.26. The largest absolute Gasteiger partial charge is 0.466 e. The molecule has 0 saturated carbocycles. The summed E-state index contributed by atoms with van der Waals surface area (Å²) < 4.78 is 4.89. The Morgan fingerprint density at radius 3 is 2.67 bits per heavy atom. The van der Waals surface area contributed by atoms with E-state index in [1.807, 2.05) is 13.8 Å². The molecule has 0 fully saturated rings. The van der Waals surface area contributed by atoms with Crippen LogP contribution < -0.4 is 0 Å². The van der Waals surface area contributed by atoms with Crippen molar-refractivity contribution in [3.05, 3.63) is 0 Å². The predicted octanol–water partition coefficient (Wildman–Crippen LogP) is 2.74. The van der Waals surface area contributed by atoms with Crippen LogP contribution >= 0.6 is 11.6 Å². The van der Waals surface area contributed by atoms with Gasteiger partial charge in [-0.25, -0.2) is 0 Å². The molecule has 0 bridgehead atoms. The van der Waals surface area contributed by atoms with Gasteiger partial charge in [0.15, 0.2) is 0 Å². The predicted molar refractivity (Wildman–Crippen MR) is 50.4 cm³/mol. The average molecular weight is 193 g/mol.